The first-order valence-corrected chi connectivity index (χ1v) is 6.06. The monoisotopic (exact) mass is 237 g/mol. The van der Waals surface area contributed by atoms with Gasteiger partial charge < -0.3 is 15.2 Å². The molecule has 17 heavy (non-hydrogen) atoms. The molecule has 0 aliphatic carbocycles. The molecule has 0 bridgehead atoms. The quantitative estimate of drug-likeness (QED) is 0.827. The van der Waals surface area contributed by atoms with E-state index in [1.54, 1.807) is 7.11 Å². The SMILES string of the molecule is COc1cc(COC(C)C(C)C)ccc1CN. The summed E-state index contributed by atoms with van der Waals surface area (Å²) in [6.07, 6.45) is 0.259. The van der Waals surface area contributed by atoms with Gasteiger partial charge in [0, 0.05) is 12.1 Å². The second kappa shape index (κ2) is 6.62. The van der Waals surface area contributed by atoms with E-state index < -0.39 is 0 Å². The molecular formula is C14H23NO2. The molecule has 1 aromatic rings. The largest absolute Gasteiger partial charge is 0.496 e. The van der Waals surface area contributed by atoms with E-state index in [0.717, 1.165) is 16.9 Å². The molecule has 0 saturated carbocycles. The third-order valence-electron chi connectivity index (χ3n) is 3.02. The fourth-order valence-electron chi connectivity index (χ4n) is 1.47. The van der Waals surface area contributed by atoms with Crippen LogP contribution in [0.4, 0.5) is 0 Å². The second-order valence-electron chi connectivity index (χ2n) is 4.61. The Morgan fingerprint density at radius 2 is 1.94 bits per heavy atom. The Kier molecular flexibility index (Phi) is 5.45. The summed E-state index contributed by atoms with van der Waals surface area (Å²) in [4.78, 5) is 0. The molecule has 3 heteroatoms. The maximum Gasteiger partial charge on any atom is 0.123 e. The average molecular weight is 237 g/mol. The fraction of sp³-hybridized carbons (Fsp3) is 0.571. The van der Waals surface area contributed by atoms with Crippen molar-refractivity contribution in [3.8, 4) is 5.75 Å². The topological polar surface area (TPSA) is 44.5 Å². The molecule has 96 valence electrons. The molecule has 0 spiro atoms. The lowest BCUT2D eigenvalue weighted by Gasteiger charge is -2.17. The minimum Gasteiger partial charge on any atom is -0.496 e. The third-order valence-corrected chi connectivity index (χ3v) is 3.02. The Morgan fingerprint density at radius 1 is 1.24 bits per heavy atom. The molecule has 1 rings (SSSR count). The number of methoxy groups -OCH3 is 1. The van der Waals surface area contributed by atoms with E-state index >= 15 is 0 Å². The summed E-state index contributed by atoms with van der Waals surface area (Å²) in [7, 11) is 1.66. The molecule has 0 heterocycles. The Bertz CT molecular complexity index is 350. The Morgan fingerprint density at radius 3 is 2.47 bits per heavy atom. The van der Waals surface area contributed by atoms with Gasteiger partial charge in [-0.1, -0.05) is 26.0 Å². The van der Waals surface area contributed by atoms with Crippen molar-refractivity contribution in [1.82, 2.24) is 0 Å². The van der Waals surface area contributed by atoms with Crippen molar-refractivity contribution in [3.63, 3.8) is 0 Å². The molecule has 0 aromatic heterocycles. The van der Waals surface area contributed by atoms with Crippen LogP contribution in [-0.4, -0.2) is 13.2 Å². The van der Waals surface area contributed by atoms with Gasteiger partial charge in [0.05, 0.1) is 19.8 Å². The van der Waals surface area contributed by atoms with Gasteiger partial charge in [0.25, 0.3) is 0 Å². The van der Waals surface area contributed by atoms with Crippen molar-refractivity contribution < 1.29 is 9.47 Å². The molecule has 2 N–H and O–H groups in total. The van der Waals surface area contributed by atoms with Gasteiger partial charge >= 0.3 is 0 Å². The van der Waals surface area contributed by atoms with Crippen molar-refractivity contribution >= 4 is 0 Å². The van der Waals surface area contributed by atoms with Crippen LogP contribution in [0.15, 0.2) is 18.2 Å². The van der Waals surface area contributed by atoms with E-state index in [2.05, 4.69) is 20.8 Å². The smallest absolute Gasteiger partial charge is 0.123 e. The zero-order valence-corrected chi connectivity index (χ0v) is 11.2. The summed E-state index contributed by atoms with van der Waals surface area (Å²) in [6, 6.07) is 6.03. The highest BCUT2D eigenvalue weighted by Gasteiger charge is 2.08. The van der Waals surface area contributed by atoms with Gasteiger partial charge in [0.2, 0.25) is 0 Å². The molecule has 1 unspecified atom stereocenters. The standard InChI is InChI=1S/C14H23NO2/c1-10(2)11(3)17-9-12-5-6-13(8-15)14(7-12)16-4/h5-7,10-11H,8-9,15H2,1-4H3. The van der Waals surface area contributed by atoms with Crippen LogP contribution in [0.2, 0.25) is 0 Å². The second-order valence-corrected chi connectivity index (χ2v) is 4.61. The highest BCUT2D eigenvalue weighted by molar-refractivity contribution is 5.37. The van der Waals surface area contributed by atoms with Crippen molar-refractivity contribution in [2.75, 3.05) is 7.11 Å². The number of hydrogen-bond donors (Lipinski definition) is 1. The summed E-state index contributed by atoms with van der Waals surface area (Å²) in [5.41, 5.74) is 7.77. The predicted molar refractivity (Wildman–Crippen MR) is 70.0 cm³/mol. The van der Waals surface area contributed by atoms with Crippen molar-refractivity contribution in [1.29, 1.82) is 0 Å². The highest BCUT2D eigenvalue weighted by atomic mass is 16.5. The van der Waals surface area contributed by atoms with Gasteiger partial charge in [-0.05, 0) is 24.5 Å². The van der Waals surface area contributed by atoms with Crippen LogP contribution >= 0.6 is 0 Å². The summed E-state index contributed by atoms with van der Waals surface area (Å²) >= 11 is 0. The summed E-state index contributed by atoms with van der Waals surface area (Å²) in [5, 5.41) is 0. The van der Waals surface area contributed by atoms with Gasteiger partial charge in [0.15, 0.2) is 0 Å². The van der Waals surface area contributed by atoms with Crippen LogP contribution in [0.25, 0.3) is 0 Å². The van der Waals surface area contributed by atoms with Crippen LogP contribution in [0.5, 0.6) is 5.75 Å². The van der Waals surface area contributed by atoms with E-state index in [0.29, 0.717) is 19.1 Å². The Hall–Kier alpha value is -1.06. The minimum atomic E-state index is 0.259. The Labute approximate surface area is 104 Å². The summed E-state index contributed by atoms with van der Waals surface area (Å²) in [5.74, 6) is 1.37. The highest BCUT2D eigenvalue weighted by Crippen LogP contribution is 2.20. The van der Waals surface area contributed by atoms with Crippen molar-refractivity contribution in [2.45, 2.75) is 40.0 Å². The van der Waals surface area contributed by atoms with Gasteiger partial charge in [0.1, 0.15) is 5.75 Å². The first-order valence-electron chi connectivity index (χ1n) is 6.06. The van der Waals surface area contributed by atoms with Crippen LogP contribution in [-0.2, 0) is 17.9 Å². The summed E-state index contributed by atoms with van der Waals surface area (Å²) < 4.78 is 11.1. The van der Waals surface area contributed by atoms with Crippen molar-refractivity contribution in [3.05, 3.63) is 29.3 Å². The van der Waals surface area contributed by atoms with E-state index in [9.17, 15) is 0 Å². The molecule has 0 fully saturated rings. The number of hydrogen-bond acceptors (Lipinski definition) is 3. The van der Waals surface area contributed by atoms with E-state index in [1.807, 2.05) is 18.2 Å². The van der Waals surface area contributed by atoms with Crippen LogP contribution in [0.1, 0.15) is 31.9 Å². The van der Waals surface area contributed by atoms with Crippen LogP contribution in [0.3, 0.4) is 0 Å². The van der Waals surface area contributed by atoms with Gasteiger partial charge in [-0.25, -0.2) is 0 Å². The molecule has 0 aliphatic rings. The average Bonchev–Trinajstić information content (AvgIpc) is 2.35. The third kappa shape index (κ3) is 4.02. The molecule has 0 radical (unpaired) electrons. The van der Waals surface area contributed by atoms with E-state index in [1.165, 1.54) is 0 Å². The van der Waals surface area contributed by atoms with Crippen molar-refractivity contribution in [2.24, 2.45) is 11.7 Å². The predicted octanol–water partition coefficient (Wildman–Crippen LogP) is 2.71. The molecule has 3 nitrogen and oxygen atoms in total. The molecule has 1 aromatic carbocycles. The lowest BCUT2D eigenvalue weighted by molar-refractivity contribution is 0.0234. The minimum absolute atomic E-state index is 0.259. The zero-order chi connectivity index (χ0) is 12.8. The molecular weight excluding hydrogens is 214 g/mol. The lowest BCUT2D eigenvalue weighted by Crippen LogP contribution is -2.15. The summed E-state index contributed by atoms with van der Waals surface area (Å²) in [6.45, 7) is 7.51. The van der Waals surface area contributed by atoms with Gasteiger partial charge in [-0.3, -0.25) is 0 Å². The first kappa shape index (κ1) is 14.0. The molecule has 0 amide bonds. The molecule has 0 aliphatic heterocycles. The van der Waals surface area contributed by atoms with Gasteiger partial charge in [-0.15, -0.1) is 0 Å². The van der Waals surface area contributed by atoms with Crippen LogP contribution < -0.4 is 10.5 Å². The van der Waals surface area contributed by atoms with Gasteiger partial charge in [-0.2, -0.15) is 0 Å². The maximum atomic E-state index is 5.78. The zero-order valence-electron chi connectivity index (χ0n) is 11.2. The Balaban J connectivity index is 2.66. The lowest BCUT2D eigenvalue weighted by atomic mass is 10.1. The van der Waals surface area contributed by atoms with E-state index in [-0.39, 0.29) is 6.10 Å². The fourth-order valence-corrected chi connectivity index (χ4v) is 1.47. The van der Waals surface area contributed by atoms with Crippen LogP contribution in [0, 0.1) is 5.92 Å². The normalized spacial score (nSPS) is 12.8. The number of nitrogens with two attached hydrogens (primary N) is 1. The molecule has 1 atom stereocenters. The van der Waals surface area contributed by atoms with E-state index in [4.69, 9.17) is 15.2 Å². The molecule has 0 saturated heterocycles. The first-order chi connectivity index (χ1) is 8.08. The number of ether oxygens (including phenoxy) is 2. The number of benzene rings is 1. The maximum absolute atomic E-state index is 5.78. The number of rotatable bonds is 6.